The predicted molar refractivity (Wildman–Crippen MR) is 96.9 cm³/mol. The van der Waals surface area contributed by atoms with Crippen LogP contribution in [-0.2, 0) is 0 Å². The lowest BCUT2D eigenvalue weighted by Gasteiger charge is -2.30. The maximum atomic E-state index is 12.5. The van der Waals surface area contributed by atoms with E-state index in [2.05, 4.69) is 43.7 Å². The number of aromatic amines is 1. The first-order valence-corrected chi connectivity index (χ1v) is 8.29. The zero-order valence-corrected chi connectivity index (χ0v) is 15.2. The number of aromatic nitrogens is 2. The van der Waals surface area contributed by atoms with Crippen molar-refractivity contribution in [1.29, 1.82) is 0 Å². The fraction of sp³-hybridized carbons (Fsp3) is 0.375. The quantitative estimate of drug-likeness (QED) is 0.742. The van der Waals surface area contributed by atoms with Crippen molar-refractivity contribution < 1.29 is 4.79 Å². The van der Waals surface area contributed by atoms with Gasteiger partial charge in [-0.1, -0.05) is 30.3 Å². The molecule has 1 fully saturated rings. The van der Waals surface area contributed by atoms with Gasteiger partial charge in [-0.2, -0.15) is 5.10 Å². The van der Waals surface area contributed by atoms with E-state index in [0.29, 0.717) is 10.2 Å². The minimum absolute atomic E-state index is 0. The van der Waals surface area contributed by atoms with Gasteiger partial charge in [0.25, 0.3) is 5.91 Å². The lowest BCUT2D eigenvalue weighted by Crippen LogP contribution is -2.52. The molecule has 23 heavy (non-hydrogen) atoms. The van der Waals surface area contributed by atoms with E-state index in [-0.39, 0.29) is 30.4 Å². The Morgan fingerprint density at radius 2 is 2.09 bits per heavy atom. The van der Waals surface area contributed by atoms with Crippen molar-refractivity contribution in [3.8, 4) is 11.3 Å². The van der Waals surface area contributed by atoms with E-state index in [4.69, 9.17) is 0 Å². The summed E-state index contributed by atoms with van der Waals surface area (Å²) in [5.74, 6) is -0.123. The standard InChI is InChI=1S/C16H19BrN4O.ClH/c1-10-12(8-5-9-18-10)19-16(22)15-13(17)14(20-21-15)11-6-3-2-4-7-11;/h2-4,6-7,10,12,18H,5,8-9H2,1H3,(H,19,22)(H,20,21);1H. The summed E-state index contributed by atoms with van der Waals surface area (Å²) >= 11 is 3.50. The monoisotopic (exact) mass is 398 g/mol. The van der Waals surface area contributed by atoms with Gasteiger partial charge >= 0.3 is 0 Å². The Labute approximate surface area is 150 Å². The van der Waals surface area contributed by atoms with Crippen LogP contribution in [0, 0.1) is 0 Å². The number of rotatable bonds is 3. The number of nitrogens with zero attached hydrogens (tertiary/aromatic N) is 1. The first-order valence-electron chi connectivity index (χ1n) is 7.50. The zero-order chi connectivity index (χ0) is 15.5. The largest absolute Gasteiger partial charge is 0.346 e. The Hall–Kier alpha value is -1.37. The maximum absolute atomic E-state index is 12.5. The molecule has 5 nitrogen and oxygen atoms in total. The van der Waals surface area contributed by atoms with Gasteiger partial charge in [0, 0.05) is 17.6 Å². The topological polar surface area (TPSA) is 69.8 Å². The van der Waals surface area contributed by atoms with Gasteiger partial charge in [0.05, 0.1) is 4.47 Å². The van der Waals surface area contributed by atoms with Gasteiger partial charge in [-0.15, -0.1) is 12.4 Å². The molecular formula is C16H20BrClN4O. The number of hydrogen-bond donors (Lipinski definition) is 3. The van der Waals surface area contributed by atoms with Crippen molar-refractivity contribution >= 4 is 34.2 Å². The second-order valence-electron chi connectivity index (χ2n) is 5.59. The van der Waals surface area contributed by atoms with Crippen LogP contribution in [0.5, 0.6) is 0 Å². The molecule has 124 valence electrons. The SMILES string of the molecule is CC1NCCCC1NC(=O)c1[nH]nc(-c2ccccc2)c1Br.Cl. The highest BCUT2D eigenvalue weighted by Gasteiger charge is 2.25. The third-order valence-electron chi connectivity index (χ3n) is 4.06. The average Bonchev–Trinajstić information content (AvgIpc) is 2.92. The van der Waals surface area contributed by atoms with Crippen molar-refractivity contribution in [2.24, 2.45) is 0 Å². The molecule has 2 heterocycles. The van der Waals surface area contributed by atoms with Crippen LogP contribution in [0.2, 0.25) is 0 Å². The molecule has 1 saturated heterocycles. The van der Waals surface area contributed by atoms with Crippen LogP contribution >= 0.6 is 28.3 Å². The van der Waals surface area contributed by atoms with Crippen LogP contribution < -0.4 is 10.6 Å². The summed E-state index contributed by atoms with van der Waals surface area (Å²) in [4.78, 5) is 12.5. The van der Waals surface area contributed by atoms with E-state index in [0.717, 1.165) is 30.6 Å². The van der Waals surface area contributed by atoms with Crippen LogP contribution in [0.4, 0.5) is 0 Å². The molecular weight excluding hydrogens is 380 g/mol. The summed E-state index contributed by atoms with van der Waals surface area (Å²) in [6.45, 7) is 3.11. The number of halogens is 2. The number of nitrogens with one attached hydrogen (secondary N) is 3. The molecule has 1 amide bonds. The van der Waals surface area contributed by atoms with Crippen LogP contribution in [0.15, 0.2) is 34.8 Å². The van der Waals surface area contributed by atoms with Gasteiger partial charge in [0.2, 0.25) is 0 Å². The van der Waals surface area contributed by atoms with Gasteiger partial charge in [-0.25, -0.2) is 0 Å². The minimum atomic E-state index is -0.123. The highest BCUT2D eigenvalue weighted by Crippen LogP contribution is 2.28. The van der Waals surface area contributed by atoms with Gasteiger partial charge < -0.3 is 10.6 Å². The molecule has 0 bridgehead atoms. The van der Waals surface area contributed by atoms with Crippen LogP contribution in [0.1, 0.15) is 30.3 Å². The molecule has 3 N–H and O–H groups in total. The molecule has 3 rings (SSSR count). The minimum Gasteiger partial charge on any atom is -0.346 e. The van der Waals surface area contributed by atoms with Crippen molar-refractivity contribution in [2.75, 3.05) is 6.54 Å². The summed E-state index contributed by atoms with van der Waals surface area (Å²) in [7, 11) is 0. The number of amides is 1. The fourth-order valence-electron chi connectivity index (χ4n) is 2.75. The summed E-state index contributed by atoms with van der Waals surface area (Å²) in [5, 5.41) is 13.6. The highest BCUT2D eigenvalue weighted by atomic mass is 79.9. The predicted octanol–water partition coefficient (Wildman–Crippen LogP) is 3.13. The molecule has 7 heteroatoms. The number of benzene rings is 1. The molecule has 0 radical (unpaired) electrons. The van der Waals surface area contributed by atoms with Gasteiger partial charge in [-0.3, -0.25) is 9.89 Å². The Bertz CT molecular complexity index is 661. The van der Waals surface area contributed by atoms with E-state index < -0.39 is 0 Å². The third-order valence-corrected chi connectivity index (χ3v) is 4.83. The molecule has 2 unspecified atom stereocenters. The number of carbonyl (C=O) groups is 1. The Balaban J connectivity index is 0.00000192. The van der Waals surface area contributed by atoms with Gasteiger partial charge in [0.15, 0.2) is 0 Å². The lowest BCUT2D eigenvalue weighted by atomic mass is 10.00. The molecule has 1 aromatic heterocycles. The van der Waals surface area contributed by atoms with Crippen molar-refractivity contribution in [2.45, 2.75) is 31.8 Å². The van der Waals surface area contributed by atoms with E-state index in [1.807, 2.05) is 30.3 Å². The summed E-state index contributed by atoms with van der Waals surface area (Å²) in [6, 6.07) is 10.2. The third kappa shape index (κ3) is 3.94. The fourth-order valence-corrected chi connectivity index (χ4v) is 3.33. The Morgan fingerprint density at radius 3 is 2.78 bits per heavy atom. The zero-order valence-electron chi connectivity index (χ0n) is 12.8. The Kier molecular flexibility index (Phi) is 6.21. The molecule has 0 spiro atoms. The molecule has 1 aliphatic rings. The normalized spacial score (nSPS) is 20.6. The smallest absolute Gasteiger partial charge is 0.270 e. The number of H-pyrrole nitrogens is 1. The summed E-state index contributed by atoms with van der Waals surface area (Å²) in [5.41, 5.74) is 2.19. The van der Waals surface area contributed by atoms with E-state index in [1.54, 1.807) is 0 Å². The number of piperidine rings is 1. The van der Waals surface area contributed by atoms with Crippen LogP contribution in [0.25, 0.3) is 11.3 Å². The highest BCUT2D eigenvalue weighted by molar-refractivity contribution is 9.10. The van der Waals surface area contributed by atoms with E-state index in [9.17, 15) is 4.79 Å². The second-order valence-corrected chi connectivity index (χ2v) is 6.39. The van der Waals surface area contributed by atoms with Crippen LogP contribution in [-0.4, -0.2) is 34.7 Å². The van der Waals surface area contributed by atoms with E-state index in [1.165, 1.54) is 0 Å². The summed E-state index contributed by atoms with van der Waals surface area (Å²) < 4.78 is 0.702. The summed E-state index contributed by atoms with van der Waals surface area (Å²) in [6.07, 6.45) is 2.08. The van der Waals surface area contributed by atoms with E-state index >= 15 is 0 Å². The molecule has 0 saturated carbocycles. The second kappa shape index (κ2) is 7.95. The van der Waals surface area contributed by atoms with Crippen molar-refractivity contribution in [3.63, 3.8) is 0 Å². The Morgan fingerprint density at radius 1 is 1.35 bits per heavy atom. The maximum Gasteiger partial charge on any atom is 0.270 e. The van der Waals surface area contributed by atoms with Crippen molar-refractivity contribution in [1.82, 2.24) is 20.8 Å². The first kappa shape index (κ1) is 18.0. The van der Waals surface area contributed by atoms with Crippen LogP contribution in [0.3, 0.4) is 0 Å². The first-order chi connectivity index (χ1) is 10.7. The lowest BCUT2D eigenvalue weighted by molar-refractivity contribution is 0.0914. The molecule has 2 atom stereocenters. The average molecular weight is 400 g/mol. The van der Waals surface area contributed by atoms with Gasteiger partial charge in [0.1, 0.15) is 11.4 Å². The molecule has 1 aromatic carbocycles. The van der Waals surface area contributed by atoms with Crippen molar-refractivity contribution in [3.05, 3.63) is 40.5 Å². The molecule has 2 aromatic rings. The molecule has 1 aliphatic heterocycles. The number of hydrogen-bond acceptors (Lipinski definition) is 3. The molecule has 0 aliphatic carbocycles. The number of carbonyl (C=O) groups excluding carboxylic acids is 1. The van der Waals surface area contributed by atoms with Gasteiger partial charge in [-0.05, 0) is 42.2 Å².